The second-order valence-electron chi connectivity index (χ2n) is 8.08. The van der Waals surface area contributed by atoms with Crippen molar-refractivity contribution in [3.63, 3.8) is 0 Å². The first-order chi connectivity index (χ1) is 14.5. The topological polar surface area (TPSA) is 55.8 Å². The largest absolute Gasteiger partial charge is 0.465 e. The van der Waals surface area contributed by atoms with Crippen LogP contribution in [-0.4, -0.2) is 48.7 Å². The molecule has 0 N–H and O–H groups in total. The molecule has 2 saturated heterocycles. The van der Waals surface area contributed by atoms with Crippen LogP contribution >= 0.6 is 24.0 Å². The number of halogens is 2. The van der Waals surface area contributed by atoms with Gasteiger partial charge in [-0.1, -0.05) is 41.9 Å². The molecule has 0 amide bonds. The van der Waals surface area contributed by atoms with E-state index in [1.54, 1.807) is 24.3 Å². The fourth-order valence-electron chi connectivity index (χ4n) is 4.65. The standard InChI is InChI=1S/C24H26ClNO4.ClH/c1-26-19-11-12-20(26)22(21(15-19)30-23(27)17-5-3-2-4-6-17)24(28)29-14-13-16-7-9-18(25)10-8-16;/h2-10,19-22H,11-15H2,1H3;1H/t19-,20?,21+,22?;/m1./s1. The van der Waals surface area contributed by atoms with Crippen LogP contribution in [0.2, 0.25) is 5.02 Å². The van der Waals surface area contributed by atoms with Gasteiger partial charge in [0.1, 0.15) is 12.0 Å². The molecule has 0 saturated carbocycles. The lowest BCUT2D eigenvalue weighted by Gasteiger charge is -2.40. The van der Waals surface area contributed by atoms with Crippen molar-refractivity contribution in [1.29, 1.82) is 0 Å². The molecule has 2 aliphatic heterocycles. The molecule has 2 aromatic rings. The Morgan fingerprint density at radius 2 is 1.77 bits per heavy atom. The highest BCUT2D eigenvalue weighted by molar-refractivity contribution is 6.30. The Bertz CT molecular complexity index is 890. The number of esters is 2. The first-order valence-electron chi connectivity index (χ1n) is 10.4. The molecule has 5 nitrogen and oxygen atoms in total. The monoisotopic (exact) mass is 463 g/mol. The van der Waals surface area contributed by atoms with Gasteiger partial charge < -0.3 is 9.47 Å². The van der Waals surface area contributed by atoms with E-state index in [2.05, 4.69) is 4.90 Å². The summed E-state index contributed by atoms with van der Waals surface area (Å²) in [6.45, 7) is 0.288. The van der Waals surface area contributed by atoms with Crippen LogP contribution in [0.15, 0.2) is 54.6 Å². The molecule has 0 aromatic heterocycles. The number of piperidine rings is 1. The second kappa shape index (κ2) is 10.5. The van der Waals surface area contributed by atoms with Gasteiger partial charge in [-0.15, -0.1) is 12.4 Å². The molecule has 2 aromatic carbocycles. The molecule has 7 heteroatoms. The summed E-state index contributed by atoms with van der Waals surface area (Å²) in [5.41, 5.74) is 1.56. The third kappa shape index (κ3) is 5.40. The zero-order chi connectivity index (χ0) is 21.1. The van der Waals surface area contributed by atoms with E-state index in [9.17, 15) is 9.59 Å². The lowest BCUT2D eigenvalue weighted by Crippen LogP contribution is -2.53. The quantitative estimate of drug-likeness (QED) is 0.587. The van der Waals surface area contributed by atoms with Crippen molar-refractivity contribution < 1.29 is 19.1 Å². The number of ether oxygens (including phenoxy) is 2. The Hall–Kier alpha value is -2.08. The fourth-order valence-corrected chi connectivity index (χ4v) is 4.77. The summed E-state index contributed by atoms with van der Waals surface area (Å²) in [5.74, 6) is -1.14. The summed E-state index contributed by atoms with van der Waals surface area (Å²) in [6.07, 6.45) is 2.73. The molecule has 4 rings (SSSR count). The Morgan fingerprint density at radius 3 is 2.48 bits per heavy atom. The SMILES string of the molecule is CN1C2CC[C@@H]1C[C@H](OC(=O)c1ccccc1)C2C(=O)OCCc1ccc(Cl)cc1.Cl. The predicted molar refractivity (Wildman–Crippen MR) is 122 cm³/mol. The van der Waals surface area contributed by atoms with Crippen LogP contribution in [0.5, 0.6) is 0 Å². The number of benzene rings is 2. The average molecular weight is 464 g/mol. The number of carbonyl (C=O) groups is 2. The lowest BCUT2D eigenvalue weighted by atomic mass is 9.87. The van der Waals surface area contributed by atoms with E-state index in [1.165, 1.54) is 0 Å². The molecule has 0 spiro atoms. The van der Waals surface area contributed by atoms with Gasteiger partial charge in [0, 0.05) is 29.9 Å². The molecule has 2 aliphatic rings. The summed E-state index contributed by atoms with van der Waals surface area (Å²) < 4.78 is 11.5. The highest BCUT2D eigenvalue weighted by atomic mass is 35.5. The smallest absolute Gasteiger partial charge is 0.338 e. The van der Waals surface area contributed by atoms with E-state index in [0.29, 0.717) is 29.5 Å². The second-order valence-corrected chi connectivity index (χ2v) is 8.52. The van der Waals surface area contributed by atoms with E-state index >= 15 is 0 Å². The summed E-state index contributed by atoms with van der Waals surface area (Å²) >= 11 is 5.92. The minimum absolute atomic E-state index is 0. The Labute approximate surface area is 194 Å². The van der Waals surface area contributed by atoms with Crippen molar-refractivity contribution >= 4 is 35.9 Å². The van der Waals surface area contributed by atoms with Gasteiger partial charge >= 0.3 is 11.9 Å². The van der Waals surface area contributed by atoms with Crippen molar-refractivity contribution in [1.82, 2.24) is 4.90 Å². The number of carbonyl (C=O) groups excluding carboxylic acids is 2. The van der Waals surface area contributed by atoms with Gasteiger partial charge in [-0.05, 0) is 49.7 Å². The molecule has 2 unspecified atom stereocenters. The summed E-state index contributed by atoms with van der Waals surface area (Å²) in [7, 11) is 2.05. The maximum Gasteiger partial charge on any atom is 0.338 e. The molecule has 2 fully saturated rings. The minimum atomic E-state index is -0.466. The highest BCUT2D eigenvalue weighted by Gasteiger charge is 2.51. The highest BCUT2D eigenvalue weighted by Crippen LogP contribution is 2.40. The Balaban J connectivity index is 0.00000272. The first kappa shape index (κ1) is 23.6. The Kier molecular flexibility index (Phi) is 7.98. The van der Waals surface area contributed by atoms with Gasteiger partial charge in [-0.25, -0.2) is 4.79 Å². The van der Waals surface area contributed by atoms with Gasteiger partial charge in [-0.2, -0.15) is 0 Å². The molecular weight excluding hydrogens is 437 g/mol. The van der Waals surface area contributed by atoms with E-state index in [0.717, 1.165) is 18.4 Å². The first-order valence-corrected chi connectivity index (χ1v) is 10.8. The van der Waals surface area contributed by atoms with Gasteiger partial charge in [-0.3, -0.25) is 9.69 Å². The van der Waals surface area contributed by atoms with Crippen LogP contribution in [0, 0.1) is 5.92 Å². The predicted octanol–water partition coefficient (Wildman–Crippen LogP) is 4.56. The molecule has 2 heterocycles. The number of rotatable bonds is 6. The van der Waals surface area contributed by atoms with Crippen LogP contribution < -0.4 is 0 Å². The van der Waals surface area contributed by atoms with Gasteiger partial charge in [0.15, 0.2) is 0 Å². The van der Waals surface area contributed by atoms with Crippen molar-refractivity contribution in [2.24, 2.45) is 5.92 Å². The van der Waals surface area contributed by atoms with Crippen molar-refractivity contribution in [2.75, 3.05) is 13.7 Å². The summed E-state index contributed by atoms with van der Waals surface area (Å²) in [6, 6.07) is 16.8. The van der Waals surface area contributed by atoms with Gasteiger partial charge in [0.2, 0.25) is 0 Å². The van der Waals surface area contributed by atoms with Gasteiger partial charge in [0.25, 0.3) is 0 Å². The summed E-state index contributed by atoms with van der Waals surface area (Å²) in [5, 5.41) is 0.680. The molecule has 31 heavy (non-hydrogen) atoms. The lowest BCUT2D eigenvalue weighted by molar-refractivity contribution is -0.159. The van der Waals surface area contributed by atoms with Gasteiger partial charge in [0.05, 0.1) is 12.2 Å². The molecular formula is C24H27Cl2NO4. The maximum absolute atomic E-state index is 13.0. The van der Waals surface area contributed by atoms with E-state index in [-0.39, 0.29) is 37.0 Å². The number of hydrogen-bond acceptors (Lipinski definition) is 5. The zero-order valence-corrected chi connectivity index (χ0v) is 19.0. The van der Waals surface area contributed by atoms with Crippen LogP contribution in [-0.2, 0) is 20.7 Å². The third-order valence-electron chi connectivity index (χ3n) is 6.30. The van der Waals surface area contributed by atoms with Crippen molar-refractivity contribution in [3.8, 4) is 0 Å². The van der Waals surface area contributed by atoms with Crippen LogP contribution in [0.25, 0.3) is 0 Å². The van der Waals surface area contributed by atoms with Crippen molar-refractivity contribution in [3.05, 3.63) is 70.7 Å². The molecule has 2 bridgehead atoms. The summed E-state index contributed by atoms with van der Waals surface area (Å²) in [4.78, 5) is 27.9. The molecule has 4 atom stereocenters. The normalized spacial score (nSPS) is 24.8. The van der Waals surface area contributed by atoms with E-state index in [1.807, 2.05) is 37.4 Å². The zero-order valence-electron chi connectivity index (χ0n) is 17.4. The third-order valence-corrected chi connectivity index (χ3v) is 6.55. The average Bonchev–Trinajstić information content (AvgIpc) is 2.98. The maximum atomic E-state index is 13.0. The van der Waals surface area contributed by atoms with E-state index in [4.69, 9.17) is 21.1 Å². The number of hydrogen-bond donors (Lipinski definition) is 0. The van der Waals surface area contributed by atoms with Crippen LogP contribution in [0.3, 0.4) is 0 Å². The fraction of sp³-hybridized carbons (Fsp3) is 0.417. The van der Waals surface area contributed by atoms with Crippen molar-refractivity contribution in [2.45, 2.75) is 43.9 Å². The molecule has 166 valence electrons. The van der Waals surface area contributed by atoms with E-state index < -0.39 is 12.0 Å². The minimum Gasteiger partial charge on any atom is -0.465 e. The number of fused-ring (bicyclic) bond motifs is 2. The van der Waals surface area contributed by atoms with Crippen LogP contribution in [0.4, 0.5) is 0 Å². The molecule has 0 radical (unpaired) electrons. The number of nitrogens with zero attached hydrogens (tertiary/aromatic N) is 1. The molecule has 0 aliphatic carbocycles. The van der Waals surface area contributed by atoms with Crippen LogP contribution in [0.1, 0.15) is 35.2 Å². The Morgan fingerprint density at radius 1 is 1.06 bits per heavy atom.